The van der Waals surface area contributed by atoms with E-state index in [-0.39, 0.29) is 5.41 Å². The van der Waals surface area contributed by atoms with Crippen LogP contribution in [0.1, 0.15) is 32.3 Å². The molecule has 0 amide bonds. The van der Waals surface area contributed by atoms with E-state index in [1.165, 1.54) is 0 Å². The Morgan fingerprint density at radius 2 is 2.00 bits per heavy atom. The van der Waals surface area contributed by atoms with Gasteiger partial charge in [-0.05, 0) is 40.8 Å². The molecule has 0 fully saturated rings. The van der Waals surface area contributed by atoms with Gasteiger partial charge < -0.3 is 5.73 Å². The molecular formula is C15H17ClIN3S. The van der Waals surface area contributed by atoms with E-state index in [0.29, 0.717) is 11.6 Å². The Morgan fingerprint density at radius 1 is 1.29 bits per heavy atom. The summed E-state index contributed by atoms with van der Waals surface area (Å²) in [4.78, 5) is 10.2. The van der Waals surface area contributed by atoms with E-state index in [2.05, 4.69) is 53.3 Å². The molecule has 1 heterocycles. The summed E-state index contributed by atoms with van der Waals surface area (Å²) in [5, 5.41) is 0.735. The number of nitrogens with zero attached hydrogens (tertiary/aromatic N) is 2. The van der Waals surface area contributed by atoms with Crippen LogP contribution in [0.5, 0.6) is 0 Å². The summed E-state index contributed by atoms with van der Waals surface area (Å²) >= 11 is 9.86. The smallest absolute Gasteiger partial charge is 0.141 e. The molecule has 3 nitrogen and oxygen atoms in total. The molecule has 112 valence electrons. The fraction of sp³-hybridized carbons (Fsp3) is 0.333. The third kappa shape index (κ3) is 4.47. The quantitative estimate of drug-likeness (QED) is 0.552. The predicted molar refractivity (Wildman–Crippen MR) is 98.9 cm³/mol. The van der Waals surface area contributed by atoms with Gasteiger partial charge in [0.25, 0.3) is 0 Å². The molecule has 1 aromatic carbocycles. The van der Waals surface area contributed by atoms with Gasteiger partial charge >= 0.3 is 0 Å². The van der Waals surface area contributed by atoms with Gasteiger partial charge in [0.1, 0.15) is 11.6 Å². The van der Waals surface area contributed by atoms with Gasteiger partial charge in [-0.15, -0.1) is 11.8 Å². The molecule has 6 heteroatoms. The van der Waals surface area contributed by atoms with Crippen LogP contribution in [0.3, 0.4) is 0 Å². The minimum Gasteiger partial charge on any atom is -0.383 e. The van der Waals surface area contributed by atoms with Crippen LogP contribution in [-0.4, -0.2) is 9.97 Å². The minimum atomic E-state index is -0.0525. The molecule has 2 rings (SSSR count). The van der Waals surface area contributed by atoms with Crippen molar-refractivity contribution < 1.29 is 0 Å². The standard InChI is InChI=1S/C15H17ClIN3S/c1-15(2,3)13-12(17)14(18)20-11(19-13)8-21-10-6-4-5-9(16)7-10/h4-7H,8H2,1-3H3,(H2,18,19,20). The molecule has 1 aromatic heterocycles. The predicted octanol–water partition coefficient (Wildman–Crippen LogP) is 4.91. The van der Waals surface area contributed by atoms with Gasteiger partial charge in [-0.3, -0.25) is 0 Å². The average molecular weight is 434 g/mol. The monoisotopic (exact) mass is 433 g/mol. The summed E-state index contributed by atoms with van der Waals surface area (Å²) in [5.41, 5.74) is 6.97. The van der Waals surface area contributed by atoms with Crippen LogP contribution in [0.15, 0.2) is 29.2 Å². The Hall–Kier alpha value is -0.530. The van der Waals surface area contributed by atoms with Crippen LogP contribution in [0, 0.1) is 3.57 Å². The second kappa shape index (κ2) is 6.71. The molecule has 0 saturated heterocycles. The van der Waals surface area contributed by atoms with E-state index in [9.17, 15) is 0 Å². The summed E-state index contributed by atoms with van der Waals surface area (Å²) in [7, 11) is 0. The van der Waals surface area contributed by atoms with E-state index >= 15 is 0 Å². The van der Waals surface area contributed by atoms with Gasteiger partial charge in [-0.2, -0.15) is 0 Å². The normalized spacial score (nSPS) is 11.7. The number of halogens is 2. The molecule has 0 spiro atoms. The highest BCUT2D eigenvalue weighted by Gasteiger charge is 2.22. The first kappa shape index (κ1) is 16.8. The number of rotatable bonds is 3. The first-order chi connectivity index (χ1) is 9.77. The van der Waals surface area contributed by atoms with Crippen LogP contribution in [0.2, 0.25) is 5.02 Å². The maximum Gasteiger partial charge on any atom is 0.141 e. The molecule has 0 radical (unpaired) electrons. The third-order valence-corrected chi connectivity index (χ3v) is 5.09. The second-order valence-electron chi connectivity index (χ2n) is 5.68. The Morgan fingerprint density at radius 3 is 2.62 bits per heavy atom. The lowest BCUT2D eigenvalue weighted by Gasteiger charge is -2.20. The number of thioether (sulfide) groups is 1. The van der Waals surface area contributed by atoms with Crippen LogP contribution in [-0.2, 0) is 11.2 Å². The molecule has 0 unspecified atom stereocenters. The molecule has 0 atom stereocenters. The van der Waals surface area contributed by atoms with Crippen molar-refractivity contribution in [2.75, 3.05) is 5.73 Å². The Balaban J connectivity index is 2.23. The molecule has 0 aliphatic heterocycles. The lowest BCUT2D eigenvalue weighted by atomic mass is 9.92. The van der Waals surface area contributed by atoms with Gasteiger partial charge in [0.2, 0.25) is 0 Å². The maximum absolute atomic E-state index is 6.02. The Labute approximate surface area is 148 Å². The number of nitrogens with two attached hydrogens (primary N) is 1. The highest BCUT2D eigenvalue weighted by atomic mass is 127. The van der Waals surface area contributed by atoms with E-state index in [0.717, 1.165) is 25.0 Å². The maximum atomic E-state index is 6.02. The van der Waals surface area contributed by atoms with E-state index in [1.807, 2.05) is 24.3 Å². The summed E-state index contributed by atoms with van der Waals surface area (Å²) in [6.45, 7) is 6.39. The zero-order chi connectivity index (χ0) is 15.6. The molecule has 0 bridgehead atoms. The number of nitrogen functional groups attached to an aromatic ring is 1. The topological polar surface area (TPSA) is 51.8 Å². The van der Waals surface area contributed by atoms with Crippen molar-refractivity contribution in [2.45, 2.75) is 36.8 Å². The lowest BCUT2D eigenvalue weighted by molar-refractivity contribution is 0.560. The molecule has 0 saturated carbocycles. The van der Waals surface area contributed by atoms with Gasteiger partial charge in [0, 0.05) is 15.3 Å². The zero-order valence-electron chi connectivity index (χ0n) is 12.2. The first-order valence-electron chi connectivity index (χ1n) is 6.48. The van der Waals surface area contributed by atoms with E-state index in [4.69, 9.17) is 17.3 Å². The molecule has 2 N–H and O–H groups in total. The van der Waals surface area contributed by atoms with Crippen LogP contribution in [0.4, 0.5) is 5.82 Å². The Kier molecular flexibility index (Phi) is 5.38. The number of benzene rings is 1. The van der Waals surface area contributed by atoms with E-state index < -0.39 is 0 Å². The Bertz CT molecular complexity index is 656. The number of hydrogen-bond donors (Lipinski definition) is 1. The number of aromatic nitrogens is 2. The summed E-state index contributed by atoms with van der Waals surface area (Å²) in [5.74, 6) is 1.98. The lowest BCUT2D eigenvalue weighted by Crippen LogP contribution is -2.19. The van der Waals surface area contributed by atoms with Gasteiger partial charge in [0.15, 0.2) is 0 Å². The highest BCUT2D eigenvalue weighted by molar-refractivity contribution is 14.1. The van der Waals surface area contributed by atoms with Crippen molar-refractivity contribution in [1.29, 1.82) is 0 Å². The number of hydrogen-bond acceptors (Lipinski definition) is 4. The van der Waals surface area contributed by atoms with Crippen molar-refractivity contribution in [2.24, 2.45) is 0 Å². The van der Waals surface area contributed by atoms with Gasteiger partial charge in [-0.1, -0.05) is 38.4 Å². The molecular weight excluding hydrogens is 417 g/mol. The van der Waals surface area contributed by atoms with Crippen molar-refractivity contribution in [3.05, 3.63) is 44.4 Å². The average Bonchev–Trinajstić information content (AvgIpc) is 2.38. The minimum absolute atomic E-state index is 0.0525. The van der Waals surface area contributed by atoms with Crippen LogP contribution < -0.4 is 5.73 Å². The first-order valence-corrected chi connectivity index (χ1v) is 8.92. The van der Waals surface area contributed by atoms with Crippen LogP contribution in [0.25, 0.3) is 0 Å². The number of anilines is 1. The molecule has 0 aliphatic carbocycles. The van der Waals surface area contributed by atoms with Crippen molar-refractivity contribution in [3.63, 3.8) is 0 Å². The summed E-state index contributed by atoms with van der Waals surface area (Å²) in [6.07, 6.45) is 0. The van der Waals surface area contributed by atoms with Gasteiger partial charge in [0.05, 0.1) is 15.0 Å². The fourth-order valence-corrected chi connectivity index (χ4v) is 3.89. The van der Waals surface area contributed by atoms with Crippen molar-refractivity contribution >= 4 is 51.8 Å². The van der Waals surface area contributed by atoms with Gasteiger partial charge in [-0.25, -0.2) is 9.97 Å². The molecule has 0 aliphatic rings. The van der Waals surface area contributed by atoms with E-state index in [1.54, 1.807) is 11.8 Å². The van der Waals surface area contributed by atoms with Crippen molar-refractivity contribution in [3.8, 4) is 0 Å². The largest absolute Gasteiger partial charge is 0.383 e. The molecule has 2 aromatic rings. The molecule has 21 heavy (non-hydrogen) atoms. The summed E-state index contributed by atoms with van der Waals surface area (Å²) < 4.78 is 0.941. The van der Waals surface area contributed by atoms with Crippen molar-refractivity contribution in [1.82, 2.24) is 9.97 Å². The third-order valence-electron chi connectivity index (χ3n) is 2.80. The SMILES string of the molecule is CC(C)(C)c1nc(CSc2cccc(Cl)c2)nc(N)c1I. The summed E-state index contributed by atoms with van der Waals surface area (Å²) in [6, 6.07) is 7.77. The fourth-order valence-electron chi connectivity index (χ4n) is 1.78. The zero-order valence-corrected chi connectivity index (χ0v) is 15.9. The second-order valence-corrected chi connectivity index (χ2v) is 8.25. The van der Waals surface area contributed by atoms with Crippen LogP contribution >= 0.6 is 46.0 Å². The highest BCUT2D eigenvalue weighted by Crippen LogP contribution is 2.30.